The van der Waals surface area contributed by atoms with Crippen molar-refractivity contribution in [2.45, 2.75) is 52.1 Å². The minimum absolute atomic E-state index is 0.303. The molecule has 1 aromatic carbocycles. The lowest BCUT2D eigenvalue weighted by Crippen LogP contribution is -2.33. The van der Waals surface area contributed by atoms with Gasteiger partial charge in [0.05, 0.1) is 0 Å². The Morgan fingerprint density at radius 1 is 1.13 bits per heavy atom. The van der Waals surface area contributed by atoms with E-state index in [9.17, 15) is 4.79 Å². The molecule has 1 amide bonds. The van der Waals surface area contributed by atoms with Crippen LogP contribution in [-0.4, -0.2) is 16.6 Å². The van der Waals surface area contributed by atoms with Crippen LogP contribution in [-0.2, 0) is 4.74 Å². The largest absolute Gasteiger partial charge is 0.443 e. The van der Waals surface area contributed by atoms with E-state index in [1.807, 2.05) is 39.2 Å². The first-order valence-corrected chi connectivity index (χ1v) is 8.43. The molecule has 1 heterocycles. The molecule has 0 N–H and O–H groups in total. The van der Waals surface area contributed by atoms with Crippen molar-refractivity contribution in [1.82, 2.24) is 4.90 Å². The molecule has 1 unspecified atom stereocenters. The van der Waals surface area contributed by atoms with Gasteiger partial charge in [0.1, 0.15) is 5.60 Å². The highest BCUT2D eigenvalue weighted by atomic mass is 16.6. The fraction of sp³-hybridized carbons (Fsp3) is 0.450. The Morgan fingerprint density at radius 3 is 2.57 bits per heavy atom. The second kappa shape index (κ2) is 6.23. The molecule has 0 radical (unpaired) electrons. The topological polar surface area (TPSA) is 29.5 Å². The fourth-order valence-corrected chi connectivity index (χ4v) is 3.33. The molecule has 23 heavy (non-hydrogen) atoms. The van der Waals surface area contributed by atoms with Crippen LogP contribution < -0.4 is 0 Å². The lowest BCUT2D eigenvalue weighted by molar-refractivity contribution is 0.0395. The summed E-state index contributed by atoms with van der Waals surface area (Å²) in [4.78, 5) is 14.1. The number of ether oxygens (including phenoxy) is 1. The molecule has 1 saturated carbocycles. The third-order valence-electron chi connectivity index (χ3n) is 4.33. The molecule has 1 aliphatic heterocycles. The summed E-state index contributed by atoms with van der Waals surface area (Å²) in [5, 5.41) is 0. The maximum Gasteiger partial charge on any atom is 0.418 e. The summed E-state index contributed by atoms with van der Waals surface area (Å²) in [6.45, 7) is 5.69. The van der Waals surface area contributed by atoms with E-state index in [0.29, 0.717) is 5.92 Å². The molecule has 3 heteroatoms. The van der Waals surface area contributed by atoms with Gasteiger partial charge in [-0.05, 0) is 56.7 Å². The highest BCUT2D eigenvalue weighted by Gasteiger charge is 2.30. The Morgan fingerprint density at radius 2 is 1.87 bits per heavy atom. The summed E-state index contributed by atoms with van der Waals surface area (Å²) in [7, 11) is 0. The molecule has 122 valence electrons. The van der Waals surface area contributed by atoms with Gasteiger partial charge < -0.3 is 4.74 Å². The number of carbonyl (C=O) groups is 1. The van der Waals surface area contributed by atoms with Crippen molar-refractivity contribution >= 4 is 11.7 Å². The number of benzene rings is 1. The van der Waals surface area contributed by atoms with Gasteiger partial charge in [0, 0.05) is 18.3 Å². The molecule has 1 aromatic rings. The third-order valence-corrected chi connectivity index (χ3v) is 4.33. The van der Waals surface area contributed by atoms with Gasteiger partial charge >= 0.3 is 6.09 Å². The molecule has 0 saturated heterocycles. The zero-order valence-corrected chi connectivity index (χ0v) is 14.2. The molecular formula is C20H25NO2. The number of allylic oxidation sites excluding steroid dienone is 2. The Bertz CT molecular complexity index is 637. The molecule has 3 nitrogen and oxygen atoms in total. The van der Waals surface area contributed by atoms with Gasteiger partial charge in [-0.3, -0.25) is 4.90 Å². The number of fused-ring (bicyclic) bond motifs is 1. The summed E-state index contributed by atoms with van der Waals surface area (Å²) in [6.07, 6.45) is 8.32. The normalized spacial score (nSPS) is 21.2. The lowest BCUT2D eigenvalue weighted by atomic mass is 9.76. The quantitative estimate of drug-likeness (QED) is 0.699. The van der Waals surface area contributed by atoms with Crippen LogP contribution in [0.5, 0.6) is 0 Å². The van der Waals surface area contributed by atoms with Gasteiger partial charge in [-0.25, -0.2) is 4.79 Å². The van der Waals surface area contributed by atoms with E-state index in [1.165, 1.54) is 29.6 Å². The van der Waals surface area contributed by atoms with Crippen molar-refractivity contribution in [3.8, 4) is 0 Å². The molecule has 1 atom stereocenters. The molecule has 2 aliphatic rings. The van der Waals surface area contributed by atoms with Gasteiger partial charge in [-0.2, -0.15) is 0 Å². The van der Waals surface area contributed by atoms with E-state index in [2.05, 4.69) is 24.3 Å². The molecule has 0 spiro atoms. The van der Waals surface area contributed by atoms with Crippen LogP contribution in [0.4, 0.5) is 4.79 Å². The van der Waals surface area contributed by atoms with Crippen LogP contribution in [0, 0.1) is 5.92 Å². The predicted molar refractivity (Wildman–Crippen MR) is 92.5 cm³/mol. The van der Waals surface area contributed by atoms with Crippen molar-refractivity contribution < 1.29 is 9.53 Å². The maximum atomic E-state index is 12.5. The van der Waals surface area contributed by atoms with Gasteiger partial charge in [-0.1, -0.05) is 36.8 Å². The van der Waals surface area contributed by atoms with E-state index >= 15 is 0 Å². The van der Waals surface area contributed by atoms with Crippen molar-refractivity contribution in [3.63, 3.8) is 0 Å². The summed E-state index contributed by atoms with van der Waals surface area (Å²) >= 11 is 0. The first kappa shape index (κ1) is 15.9. The summed E-state index contributed by atoms with van der Waals surface area (Å²) < 4.78 is 5.54. The minimum Gasteiger partial charge on any atom is -0.443 e. The zero-order chi connectivity index (χ0) is 16.4. The van der Waals surface area contributed by atoms with Gasteiger partial charge in [0.2, 0.25) is 0 Å². The molecule has 1 aliphatic carbocycles. The molecule has 1 fully saturated rings. The highest BCUT2D eigenvalue weighted by Crippen LogP contribution is 2.42. The van der Waals surface area contributed by atoms with E-state index < -0.39 is 5.60 Å². The number of rotatable bonds is 1. The Hall–Kier alpha value is -2.03. The van der Waals surface area contributed by atoms with Gasteiger partial charge in [0.15, 0.2) is 0 Å². The number of amides is 1. The number of carbonyl (C=O) groups excluding carboxylic acids is 1. The second-order valence-corrected chi connectivity index (χ2v) is 7.34. The van der Waals surface area contributed by atoms with Crippen molar-refractivity contribution in [2.24, 2.45) is 5.92 Å². The predicted octanol–water partition coefficient (Wildman–Crippen LogP) is 5.35. The maximum absolute atomic E-state index is 12.5. The SMILES string of the molecule is CC(C)(C)OC(=O)N1C=C2CCCCC2C(c2ccccc2)=C1. The average molecular weight is 311 g/mol. The average Bonchev–Trinajstić information content (AvgIpc) is 2.53. The highest BCUT2D eigenvalue weighted by molar-refractivity contribution is 5.78. The van der Waals surface area contributed by atoms with Crippen molar-refractivity contribution in [2.75, 3.05) is 0 Å². The standard InChI is InChI=1S/C20H25NO2/c1-20(2,3)23-19(22)21-13-16-11-7-8-12-17(16)18(14-21)15-9-5-4-6-10-15/h4-6,9-10,13-14,17H,7-8,11-12H2,1-3H3. The van der Waals surface area contributed by atoms with Crippen LogP contribution in [0.3, 0.4) is 0 Å². The summed E-state index contributed by atoms with van der Waals surface area (Å²) in [5.41, 5.74) is 3.29. The Balaban J connectivity index is 1.94. The fourth-order valence-electron chi connectivity index (χ4n) is 3.33. The van der Waals surface area contributed by atoms with Crippen LogP contribution >= 0.6 is 0 Å². The first-order chi connectivity index (χ1) is 10.9. The monoisotopic (exact) mass is 311 g/mol. The minimum atomic E-state index is -0.486. The molecule has 0 aromatic heterocycles. The Labute approximate surface area is 138 Å². The zero-order valence-electron chi connectivity index (χ0n) is 14.2. The molecule has 3 rings (SSSR count). The smallest absolute Gasteiger partial charge is 0.418 e. The molecule has 0 bridgehead atoms. The summed E-state index contributed by atoms with van der Waals surface area (Å²) in [6, 6.07) is 10.4. The van der Waals surface area contributed by atoms with Crippen LogP contribution in [0.15, 0.2) is 48.3 Å². The van der Waals surface area contributed by atoms with Crippen molar-refractivity contribution in [1.29, 1.82) is 0 Å². The van der Waals surface area contributed by atoms with E-state index in [1.54, 1.807) is 4.90 Å². The van der Waals surface area contributed by atoms with E-state index in [-0.39, 0.29) is 6.09 Å². The van der Waals surface area contributed by atoms with Gasteiger partial charge in [-0.15, -0.1) is 0 Å². The van der Waals surface area contributed by atoms with Crippen LogP contribution in [0.1, 0.15) is 52.0 Å². The second-order valence-electron chi connectivity index (χ2n) is 7.34. The number of hydrogen-bond donors (Lipinski definition) is 0. The van der Waals surface area contributed by atoms with Crippen molar-refractivity contribution in [3.05, 3.63) is 53.9 Å². The Kier molecular flexibility index (Phi) is 4.29. The van der Waals surface area contributed by atoms with Crippen LogP contribution in [0.25, 0.3) is 5.57 Å². The van der Waals surface area contributed by atoms with E-state index in [0.717, 1.165) is 12.8 Å². The van der Waals surface area contributed by atoms with Crippen LogP contribution in [0.2, 0.25) is 0 Å². The lowest BCUT2D eigenvalue weighted by Gasteiger charge is -2.34. The van der Waals surface area contributed by atoms with E-state index in [4.69, 9.17) is 4.74 Å². The first-order valence-electron chi connectivity index (χ1n) is 8.43. The third kappa shape index (κ3) is 3.66. The molecular weight excluding hydrogens is 286 g/mol. The number of hydrogen-bond acceptors (Lipinski definition) is 2. The summed E-state index contributed by atoms with van der Waals surface area (Å²) in [5.74, 6) is 0.435. The number of nitrogens with zero attached hydrogens (tertiary/aromatic N) is 1. The van der Waals surface area contributed by atoms with Gasteiger partial charge in [0.25, 0.3) is 0 Å².